The number of carbonyl (C=O) groups excluding carboxylic acids is 1. The number of allylic oxidation sites excluding steroid dienone is 1. The zero-order valence-corrected chi connectivity index (χ0v) is 14.6. The number of unbranched alkanes of at least 4 members (excludes halogenated alkanes) is 6. The Morgan fingerprint density at radius 1 is 1.00 bits per heavy atom. The molecule has 5 nitrogen and oxygen atoms in total. The topological polar surface area (TPSA) is 83.8 Å². The number of rotatable bonds is 14. The van der Waals surface area contributed by atoms with Crippen LogP contribution in [0.25, 0.3) is 0 Å². The minimum Gasteiger partial charge on any atom is -0.478 e. The number of aliphatic hydroxyl groups is 1. The number of hydrogen-bond donors (Lipinski definition) is 2. The third kappa shape index (κ3) is 14.0. The van der Waals surface area contributed by atoms with Gasteiger partial charge in [0.25, 0.3) is 0 Å². The van der Waals surface area contributed by atoms with Crippen LogP contribution in [0, 0.1) is 0 Å². The normalized spacial score (nSPS) is 12.9. The number of carboxylic acid groups (broad SMARTS) is 1. The zero-order valence-electron chi connectivity index (χ0n) is 14.6. The lowest BCUT2D eigenvalue weighted by molar-refractivity contribution is -0.142. The van der Waals surface area contributed by atoms with Crippen molar-refractivity contribution < 1.29 is 24.5 Å². The van der Waals surface area contributed by atoms with E-state index in [2.05, 4.69) is 6.92 Å². The van der Waals surface area contributed by atoms with Gasteiger partial charge in [0, 0.05) is 6.42 Å². The number of carbonyl (C=O) groups is 2. The van der Waals surface area contributed by atoms with Crippen molar-refractivity contribution in [2.24, 2.45) is 0 Å². The van der Waals surface area contributed by atoms with E-state index in [0.29, 0.717) is 12.8 Å². The second-order valence-corrected chi connectivity index (χ2v) is 5.94. The van der Waals surface area contributed by atoms with E-state index in [1.54, 1.807) is 0 Å². The highest BCUT2D eigenvalue weighted by molar-refractivity contribution is 5.81. The number of ether oxygens (including phenoxy) is 1. The predicted octanol–water partition coefficient (Wildman–Crippen LogP) is 4.19. The molecule has 5 heteroatoms. The lowest BCUT2D eigenvalue weighted by Gasteiger charge is -2.11. The van der Waals surface area contributed by atoms with Crippen molar-refractivity contribution in [2.45, 2.75) is 90.6 Å². The Hall–Kier alpha value is -1.36. The minimum atomic E-state index is -1.12. The Kier molecular flexibility index (Phi) is 13.4. The van der Waals surface area contributed by atoms with Gasteiger partial charge in [0.15, 0.2) is 0 Å². The zero-order chi connectivity index (χ0) is 17.5. The summed E-state index contributed by atoms with van der Waals surface area (Å²) in [5.41, 5.74) is 0. The van der Waals surface area contributed by atoms with Crippen LogP contribution in [0.1, 0.15) is 84.5 Å². The smallest absolute Gasteiger partial charge is 0.331 e. The number of hydrogen-bond acceptors (Lipinski definition) is 4. The predicted molar refractivity (Wildman–Crippen MR) is 90.0 cm³/mol. The summed E-state index contributed by atoms with van der Waals surface area (Å²) in [5.74, 6) is -1.51. The van der Waals surface area contributed by atoms with Gasteiger partial charge in [0.2, 0.25) is 0 Å². The van der Waals surface area contributed by atoms with Crippen LogP contribution < -0.4 is 0 Å². The summed E-state index contributed by atoms with van der Waals surface area (Å²) < 4.78 is 5.10. The van der Waals surface area contributed by atoms with Gasteiger partial charge in [-0.15, -0.1) is 0 Å². The molecule has 0 aliphatic rings. The summed E-state index contributed by atoms with van der Waals surface area (Å²) in [6, 6.07) is 0. The summed E-state index contributed by atoms with van der Waals surface area (Å²) in [7, 11) is 0. The van der Waals surface area contributed by atoms with E-state index >= 15 is 0 Å². The molecule has 1 unspecified atom stereocenters. The Morgan fingerprint density at radius 2 is 1.61 bits per heavy atom. The molecule has 0 saturated carbocycles. The molecule has 0 aromatic rings. The Bertz CT molecular complexity index is 362. The van der Waals surface area contributed by atoms with E-state index in [4.69, 9.17) is 9.84 Å². The first-order valence-electron chi connectivity index (χ1n) is 8.81. The first-order chi connectivity index (χ1) is 11.0. The second kappa shape index (κ2) is 14.2. The highest BCUT2D eigenvalue weighted by atomic mass is 16.5. The van der Waals surface area contributed by atoms with E-state index in [-0.39, 0.29) is 12.2 Å². The minimum absolute atomic E-state index is 0.0954. The van der Waals surface area contributed by atoms with Crippen LogP contribution in [0.4, 0.5) is 0 Å². The molecule has 1 atom stereocenters. The van der Waals surface area contributed by atoms with Crippen LogP contribution in [-0.2, 0) is 14.3 Å². The van der Waals surface area contributed by atoms with Gasteiger partial charge in [0.1, 0.15) is 5.76 Å². The molecule has 0 amide bonds. The maximum atomic E-state index is 11.7. The van der Waals surface area contributed by atoms with Crippen molar-refractivity contribution in [2.75, 3.05) is 0 Å². The molecular weight excluding hydrogens is 296 g/mol. The van der Waals surface area contributed by atoms with E-state index in [9.17, 15) is 14.7 Å². The summed E-state index contributed by atoms with van der Waals surface area (Å²) in [5, 5.41) is 18.4. The molecule has 2 N–H and O–H groups in total. The molecule has 134 valence electrons. The monoisotopic (exact) mass is 328 g/mol. The number of aliphatic carboxylic acids is 1. The van der Waals surface area contributed by atoms with Gasteiger partial charge in [-0.3, -0.25) is 4.79 Å². The quantitative estimate of drug-likeness (QED) is 0.216. The molecule has 0 heterocycles. The molecule has 0 fully saturated rings. The average molecular weight is 328 g/mol. The van der Waals surface area contributed by atoms with Crippen LogP contribution in [0.15, 0.2) is 11.8 Å². The van der Waals surface area contributed by atoms with E-state index in [1.165, 1.54) is 25.7 Å². The number of esters is 1. The third-order valence-corrected chi connectivity index (χ3v) is 3.58. The van der Waals surface area contributed by atoms with Gasteiger partial charge in [-0.1, -0.05) is 58.8 Å². The van der Waals surface area contributed by atoms with Crippen molar-refractivity contribution in [3.63, 3.8) is 0 Å². The number of carboxylic acids is 1. The maximum absolute atomic E-state index is 11.7. The fourth-order valence-corrected chi connectivity index (χ4v) is 2.36. The molecule has 23 heavy (non-hydrogen) atoms. The van der Waals surface area contributed by atoms with Gasteiger partial charge in [-0.25, -0.2) is 4.79 Å². The van der Waals surface area contributed by atoms with Gasteiger partial charge in [-0.2, -0.15) is 0 Å². The van der Waals surface area contributed by atoms with Gasteiger partial charge >= 0.3 is 11.9 Å². The fraction of sp³-hybridized carbons (Fsp3) is 0.778. The van der Waals surface area contributed by atoms with Crippen molar-refractivity contribution in [1.82, 2.24) is 0 Å². The fourth-order valence-electron chi connectivity index (χ4n) is 2.36. The van der Waals surface area contributed by atoms with Gasteiger partial charge in [-0.05, 0) is 12.8 Å². The maximum Gasteiger partial charge on any atom is 0.331 e. The highest BCUT2D eigenvalue weighted by Crippen LogP contribution is 2.15. The van der Waals surface area contributed by atoms with E-state index < -0.39 is 18.0 Å². The Morgan fingerprint density at radius 3 is 2.17 bits per heavy atom. The summed E-state index contributed by atoms with van der Waals surface area (Å²) in [6.07, 6.45) is 9.68. The van der Waals surface area contributed by atoms with Crippen LogP contribution in [0.3, 0.4) is 0 Å². The van der Waals surface area contributed by atoms with Gasteiger partial charge in [0.05, 0.1) is 18.6 Å². The molecule has 0 aliphatic carbocycles. The van der Waals surface area contributed by atoms with Crippen LogP contribution >= 0.6 is 0 Å². The van der Waals surface area contributed by atoms with Crippen LogP contribution in [0.2, 0.25) is 0 Å². The summed E-state index contributed by atoms with van der Waals surface area (Å²) in [4.78, 5) is 22.5. The van der Waals surface area contributed by atoms with Crippen LogP contribution in [-0.4, -0.2) is 28.3 Å². The SMILES string of the molecule is CCCCCCCCCC(=CC(=O)O)OC(=O)CC(O)CCC. The average Bonchev–Trinajstić information content (AvgIpc) is 2.45. The molecule has 0 aromatic heterocycles. The van der Waals surface area contributed by atoms with Crippen molar-refractivity contribution >= 4 is 11.9 Å². The molecule has 0 radical (unpaired) electrons. The molecule has 0 spiro atoms. The van der Waals surface area contributed by atoms with E-state index in [0.717, 1.165) is 31.8 Å². The molecule has 0 bridgehead atoms. The lowest BCUT2D eigenvalue weighted by atomic mass is 10.1. The molecular formula is C18H32O5. The molecule has 0 rings (SSSR count). The first-order valence-corrected chi connectivity index (χ1v) is 8.81. The van der Waals surface area contributed by atoms with Crippen molar-refractivity contribution in [3.05, 3.63) is 11.8 Å². The summed E-state index contributed by atoms with van der Waals surface area (Å²) >= 11 is 0. The first kappa shape index (κ1) is 21.6. The highest BCUT2D eigenvalue weighted by Gasteiger charge is 2.14. The Balaban J connectivity index is 4.12. The number of aliphatic hydroxyl groups excluding tert-OH is 1. The van der Waals surface area contributed by atoms with Crippen molar-refractivity contribution in [3.8, 4) is 0 Å². The third-order valence-electron chi connectivity index (χ3n) is 3.58. The van der Waals surface area contributed by atoms with Crippen molar-refractivity contribution in [1.29, 1.82) is 0 Å². The van der Waals surface area contributed by atoms with Crippen LogP contribution in [0.5, 0.6) is 0 Å². The van der Waals surface area contributed by atoms with E-state index in [1.807, 2.05) is 6.92 Å². The lowest BCUT2D eigenvalue weighted by Crippen LogP contribution is -2.15. The molecule has 0 aromatic carbocycles. The second-order valence-electron chi connectivity index (χ2n) is 5.94. The summed E-state index contributed by atoms with van der Waals surface area (Å²) in [6.45, 7) is 4.10. The molecule has 0 saturated heterocycles. The Labute approximate surface area is 139 Å². The standard InChI is InChI=1S/C18H32O5/c1-3-5-6-7-8-9-10-12-16(14-17(20)21)23-18(22)13-15(19)11-4-2/h14-15,19H,3-13H2,1-2H3,(H,20,21). The molecule has 0 aliphatic heterocycles. The van der Waals surface area contributed by atoms with Gasteiger partial charge < -0.3 is 14.9 Å². The largest absolute Gasteiger partial charge is 0.478 e.